The lowest BCUT2D eigenvalue weighted by Gasteiger charge is -2.35. The van der Waals surface area contributed by atoms with E-state index in [-0.39, 0.29) is 17.5 Å². The minimum Gasteiger partial charge on any atom is -0.508 e. The second-order valence-electron chi connectivity index (χ2n) is 4.02. The van der Waals surface area contributed by atoms with Crippen LogP contribution in [0.2, 0.25) is 0 Å². The highest BCUT2D eigenvalue weighted by Gasteiger charge is 2.20. The second-order valence-corrected chi connectivity index (χ2v) is 4.29. The molecule has 0 radical (unpaired) electrons. The number of carbonyl (C=O) groups excluding carboxylic acids is 1. The molecule has 92 valence electrons. The largest absolute Gasteiger partial charge is 0.508 e. The van der Waals surface area contributed by atoms with Crippen LogP contribution in [0.1, 0.15) is 0 Å². The third kappa shape index (κ3) is 2.82. The van der Waals surface area contributed by atoms with Gasteiger partial charge in [0, 0.05) is 37.9 Å². The van der Waals surface area contributed by atoms with Gasteiger partial charge in [-0.1, -0.05) is 6.07 Å². The van der Waals surface area contributed by atoms with Crippen molar-refractivity contribution < 1.29 is 9.90 Å². The molecule has 0 aliphatic carbocycles. The van der Waals surface area contributed by atoms with Gasteiger partial charge in [-0.25, -0.2) is 0 Å². The van der Waals surface area contributed by atoms with Gasteiger partial charge in [0.25, 0.3) is 0 Å². The zero-order chi connectivity index (χ0) is 12.3. The maximum Gasteiger partial charge on any atom is 0.237 e. The van der Waals surface area contributed by atoms with Crippen LogP contribution < -0.4 is 4.90 Å². The normalized spacial score (nSPS) is 16.1. The maximum absolute atomic E-state index is 11.4. The standard InChI is InChI=1S/C12H15ClN2O2/c13-9-12(17)15-6-4-14(5-7-15)10-2-1-3-11(16)8-10/h1-3,8,16H,4-7,9H2. The number of anilines is 1. The number of amides is 1. The van der Waals surface area contributed by atoms with Gasteiger partial charge in [0.15, 0.2) is 0 Å². The number of phenolic OH excluding ortho intramolecular Hbond substituents is 1. The highest BCUT2D eigenvalue weighted by molar-refractivity contribution is 6.27. The van der Waals surface area contributed by atoms with E-state index in [1.165, 1.54) is 0 Å². The van der Waals surface area contributed by atoms with Crippen molar-refractivity contribution in [1.29, 1.82) is 0 Å². The van der Waals surface area contributed by atoms with Crippen molar-refractivity contribution in [3.8, 4) is 5.75 Å². The number of hydrogen-bond donors (Lipinski definition) is 1. The molecule has 4 nitrogen and oxygen atoms in total. The van der Waals surface area contributed by atoms with Crippen molar-refractivity contribution >= 4 is 23.2 Å². The molecule has 0 aromatic heterocycles. The monoisotopic (exact) mass is 254 g/mol. The van der Waals surface area contributed by atoms with E-state index in [0.717, 1.165) is 18.8 Å². The second kappa shape index (κ2) is 5.27. The molecule has 17 heavy (non-hydrogen) atoms. The van der Waals surface area contributed by atoms with Crippen LogP contribution in [0.3, 0.4) is 0 Å². The molecule has 1 fully saturated rings. The van der Waals surface area contributed by atoms with Crippen LogP contribution >= 0.6 is 11.6 Å². The van der Waals surface area contributed by atoms with E-state index in [1.54, 1.807) is 17.0 Å². The van der Waals surface area contributed by atoms with Gasteiger partial charge in [-0.2, -0.15) is 0 Å². The van der Waals surface area contributed by atoms with Gasteiger partial charge in [0.2, 0.25) is 5.91 Å². The Kier molecular flexibility index (Phi) is 3.74. The van der Waals surface area contributed by atoms with Crippen molar-refractivity contribution in [2.24, 2.45) is 0 Å². The van der Waals surface area contributed by atoms with Gasteiger partial charge < -0.3 is 14.9 Å². The van der Waals surface area contributed by atoms with Crippen LogP contribution in [0.4, 0.5) is 5.69 Å². The first-order valence-corrected chi connectivity index (χ1v) is 6.12. The van der Waals surface area contributed by atoms with E-state index >= 15 is 0 Å². The lowest BCUT2D eigenvalue weighted by Crippen LogP contribution is -2.49. The molecule has 5 heteroatoms. The number of benzene rings is 1. The molecule has 1 aliphatic rings. The average Bonchev–Trinajstić information content (AvgIpc) is 2.38. The smallest absolute Gasteiger partial charge is 0.237 e. The molecule has 0 spiro atoms. The summed E-state index contributed by atoms with van der Waals surface area (Å²) in [5.74, 6) is 0.301. The topological polar surface area (TPSA) is 43.8 Å². The SMILES string of the molecule is O=C(CCl)N1CCN(c2cccc(O)c2)CC1. The summed E-state index contributed by atoms with van der Waals surface area (Å²) in [4.78, 5) is 15.3. The molecule has 1 aliphatic heterocycles. The van der Waals surface area contributed by atoms with E-state index in [1.807, 2.05) is 12.1 Å². The highest BCUT2D eigenvalue weighted by atomic mass is 35.5. The predicted octanol–water partition coefficient (Wildman–Crippen LogP) is 1.28. The fourth-order valence-corrected chi connectivity index (χ4v) is 2.16. The van der Waals surface area contributed by atoms with Crippen molar-refractivity contribution in [3.05, 3.63) is 24.3 Å². The molecule has 1 saturated heterocycles. The van der Waals surface area contributed by atoms with E-state index in [0.29, 0.717) is 13.1 Å². The van der Waals surface area contributed by atoms with Crippen molar-refractivity contribution in [3.63, 3.8) is 0 Å². The maximum atomic E-state index is 11.4. The quantitative estimate of drug-likeness (QED) is 0.809. The van der Waals surface area contributed by atoms with Crippen LogP contribution in [0.15, 0.2) is 24.3 Å². The molecule has 0 atom stereocenters. The Morgan fingerprint density at radius 1 is 1.29 bits per heavy atom. The highest BCUT2D eigenvalue weighted by Crippen LogP contribution is 2.21. The number of alkyl halides is 1. The third-order valence-corrected chi connectivity index (χ3v) is 3.17. The van der Waals surface area contributed by atoms with E-state index in [4.69, 9.17) is 11.6 Å². The summed E-state index contributed by atoms with van der Waals surface area (Å²) in [7, 11) is 0. The molecular formula is C12H15ClN2O2. The first-order chi connectivity index (χ1) is 8.20. The molecule has 1 N–H and O–H groups in total. The van der Waals surface area contributed by atoms with Crippen LogP contribution in [-0.2, 0) is 4.79 Å². The predicted molar refractivity (Wildman–Crippen MR) is 67.6 cm³/mol. The van der Waals surface area contributed by atoms with Gasteiger partial charge in [-0.05, 0) is 12.1 Å². The van der Waals surface area contributed by atoms with Gasteiger partial charge in [-0.3, -0.25) is 4.79 Å². The van der Waals surface area contributed by atoms with Gasteiger partial charge in [0.05, 0.1) is 0 Å². The number of aromatic hydroxyl groups is 1. The first-order valence-electron chi connectivity index (χ1n) is 5.58. The van der Waals surface area contributed by atoms with Crippen molar-refractivity contribution in [1.82, 2.24) is 4.90 Å². The summed E-state index contributed by atoms with van der Waals surface area (Å²) >= 11 is 5.52. The minimum atomic E-state index is -0.0118. The van der Waals surface area contributed by atoms with Crippen molar-refractivity contribution in [2.75, 3.05) is 37.0 Å². The van der Waals surface area contributed by atoms with E-state index in [2.05, 4.69) is 4.90 Å². The summed E-state index contributed by atoms with van der Waals surface area (Å²) in [5.41, 5.74) is 0.989. The average molecular weight is 255 g/mol. The van der Waals surface area contributed by atoms with Gasteiger partial charge in [-0.15, -0.1) is 11.6 Å². The number of phenols is 1. The Hall–Kier alpha value is -1.42. The summed E-state index contributed by atoms with van der Waals surface area (Å²) < 4.78 is 0. The first kappa shape index (κ1) is 12.0. The number of halogens is 1. The zero-order valence-corrected chi connectivity index (χ0v) is 10.2. The molecule has 1 heterocycles. The summed E-state index contributed by atoms with van der Waals surface area (Å²) in [6.07, 6.45) is 0. The van der Waals surface area contributed by atoms with Crippen LogP contribution in [0.25, 0.3) is 0 Å². The third-order valence-electron chi connectivity index (χ3n) is 2.94. The molecular weight excluding hydrogens is 240 g/mol. The number of nitrogens with zero attached hydrogens (tertiary/aromatic N) is 2. The van der Waals surface area contributed by atoms with Crippen LogP contribution in [0, 0.1) is 0 Å². The number of rotatable bonds is 2. The van der Waals surface area contributed by atoms with Crippen LogP contribution in [-0.4, -0.2) is 48.0 Å². The molecule has 2 rings (SSSR count). The Balaban J connectivity index is 1.97. The Morgan fingerprint density at radius 2 is 2.00 bits per heavy atom. The zero-order valence-electron chi connectivity index (χ0n) is 9.47. The van der Waals surface area contributed by atoms with Gasteiger partial charge >= 0.3 is 0 Å². The molecule has 1 aromatic rings. The lowest BCUT2D eigenvalue weighted by atomic mass is 10.2. The van der Waals surface area contributed by atoms with Crippen molar-refractivity contribution in [2.45, 2.75) is 0 Å². The minimum absolute atomic E-state index is 0.0118. The van der Waals surface area contributed by atoms with E-state index in [9.17, 15) is 9.90 Å². The number of carbonyl (C=O) groups is 1. The molecule has 1 amide bonds. The molecule has 0 saturated carbocycles. The number of piperazine rings is 1. The van der Waals surface area contributed by atoms with Gasteiger partial charge in [0.1, 0.15) is 11.6 Å². The Bertz CT molecular complexity index is 403. The molecule has 0 unspecified atom stereocenters. The molecule has 1 aromatic carbocycles. The fraction of sp³-hybridized carbons (Fsp3) is 0.417. The molecule has 0 bridgehead atoms. The fourth-order valence-electron chi connectivity index (χ4n) is 1.99. The van der Waals surface area contributed by atoms with E-state index < -0.39 is 0 Å². The summed E-state index contributed by atoms with van der Waals surface area (Å²) in [6.45, 7) is 2.90. The summed E-state index contributed by atoms with van der Waals surface area (Å²) in [6, 6.07) is 7.16. The van der Waals surface area contributed by atoms with Crippen LogP contribution in [0.5, 0.6) is 5.75 Å². The Morgan fingerprint density at radius 3 is 2.59 bits per heavy atom. The number of hydrogen-bond acceptors (Lipinski definition) is 3. The Labute approximate surface area is 105 Å². The lowest BCUT2D eigenvalue weighted by molar-refractivity contribution is -0.128. The summed E-state index contributed by atoms with van der Waals surface area (Å²) in [5, 5.41) is 9.41.